The molecule has 23 heavy (non-hydrogen) atoms. The molecule has 0 aliphatic heterocycles. The Morgan fingerprint density at radius 3 is 2.57 bits per heavy atom. The normalized spacial score (nSPS) is 10.7. The molecule has 1 amide bonds. The number of nitrogens with zero attached hydrogens (tertiary/aromatic N) is 1. The van der Waals surface area contributed by atoms with Gasteiger partial charge in [0.1, 0.15) is 0 Å². The maximum Gasteiger partial charge on any atom is 0.234 e. The summed E-state index contributed by atoms with van der Waals surface area (Å²) in [6, 6.07) is 16.7. The fourth-order valence-electron chi connectivity index (χ4n) is 2.09. The number of anilines is 1. The maximum atomic E-state index is 12.0. The zero-order valence-corrected chi connectivity index (χ0v) is 14.3. The minimum atomic E-state index is -0.136. The van der Waals surface area contributed by atoms with Crippen molar-refractivity contribution in [3.8, 4) is 0 Å². The number of aromatic nitrogens is 1. The highest BCUT2D eigenvalue weighted by atomic mass is 35.5. The van der Waals surface area contributed by atoms with Crippen molar-refractivity contribution in [2.45, 2.75) is 5.03 Å². The molecule has 0 bridgehead atoms. The molecular weight excluding hydrogens is 351 g/mol. The third-order valence-electron chi connectivity index (χ3n) is 3.07. The lowest BCUT2D eigenvalue weighted by Gasteiger charge is -2.06. The van der Waals surface area contributed by atoms with Crippen molar-refractivity contribution in [1.82, 2.24) is 4.98 Å². The molecule has 0 aliphatic rings. The number of nitrogens with one attached hydrogen (secondary N) is 1. The molecule has 0 radical (unpaired) electrons. The molecule has 1 heterocycles. The van der Waals surface area contributed by atoms with E-state index < -0.39 is 0 Å². The molecule has 0 fully saturated rings. The summed E-state index contributed by atoms with van der Waals surface area (Å²) >= 11 is 13.2. The van der Waals surface area contributed by atoms with Gasteiger partial charge >= 0.3 is 0 Å². The number of thioether (sulfide) groups is 1. The summed E-state index contributed by atoms with van der Waals surface area (Å²) in [5.74, 6) is 0.124. The van der Waals surface area contributed by atoms with Crippen molar-refractivity contribution in [2.75, 3.05) is 11.1 Å². The minimum Gasteiger partial charge on any atom is -0.325 e. The van der Waals surface area contributed by atoms with Gasteiger partial charge in [-0.1, -0.05) is 59.2 Å². The van der Waals surface area contributed by atoms with E-state index >= 15 is 0 Å². The smallest absolute Gasteiger partial charge is 0.234 e. The summed E-state index contributed by atoms with van der Waals surface area (Å²) in [4.78, 5) is 16.5. The first-order valence-electron chi connectivity index (χ1n) is 6.85. The SMILES string of the molecule is O=C(CSc1ccc2ccccc2n1)Nc1cc(Cl)cc(Cl)c1. The van der Waals surface area contributed by atoms with Gasteiger partial charge < -0.3 is 5.32 Å². The van der Waals surface area contributed by atoms with Crippen LogP contribution in [0.25, 0.3) is 10.9 Å². The van der Waals surface area contributed by atoms with Crippen molar-refractivity contribution in [3.05, 3.63) is 64.6 Å². The van der Waals surface area contributed by atoms with E-state index in [2.05, 4.69) is 10.3 Å². The van der Waals surface area contributed by atoms with Gasteiger partial charge in [0.15, 0.2) is 0 Å². The zero-order chi connectivity index (χ0) is 16.2. The molecular formula is C17H12Cl2N2OS. The molecule has 0 saturated heterocycles. The van der Waals surface area contributed by atoms with E-state index in [0.717, 1.165) is 15.9 Å². The lowest BCUT2D eigenvalue weighted by atomic mass is 10.2. The number of hydrogen-bond donors (Lipinski definition) is 1. The van der Waals surface area contributed by atoms with Gasteiger partial charge in [-0.25, -0.2) is 4.98 Å². The van der Waals surface area contributed by atoms with Gasteiger partial charge in [-0.15, -0.1) is 0 Å². The van der Waals surface area contributed by atoms with Gasteiger partial charge in [-0.3, -0.25) is 4.79 Å². The van der Waals surface area contributed by atoms with Crippen molar-refractivity contribution in [3.63, 3.8) is 0 Å². The largest absolute Gasteiger partial charge is 0.325 e. The highest BCUT2D eigenvalue weighted by Gasteiger charge is 2.06. The van der Waals surface area contributed by atoms with Crippen molar-refractivity contribution < 1.29 is 4.79 Å². The Morgan fingerprint density at radius 2 is 1.78 bits per heavy atom. The van der Waals surface area contributed by atoms with Crippen molar-refractivity contribution in [1.29, 1.82) is 0 Å². The van der Waals surface area contributed by atoms with Crippen LogP contribution in [0.3, 0.4) is 0 Å². The van der Waals surface area contributed by atoms with Crippen LogP contribution in [0.4, 0.5) is 5.69 Å². The third-order valence-corrected chi connectivity index (χ3v) is 4.44. The van der Waals surface area contributed by atoms with Crippen LogP contribution in [0.15, 0.2) is 59.6 Å². The first-order chi connectivity index (χ1) is 11.1. The second-order valence-electron chi connectivity index (χ2n) is 4.84. The van der Waals surface area contributed by atoms with Crippen LogP contribution < -0.4 is 5.32 Å². The number of pyridine rings is 1. The van der Waals surface area contributed by atoms with E-state index in [4.69, 9.17) is 23.2 Å². The van der Waals surface area contributed by atoms with Crippen LogP contribution >= 0.6 is 35.0 Å². The van der Waals surface area contributed by atoms with Crippen molar-refractivity contribution >= 4 is 57.5 Å². The first kappa shape index (κ1) is 16.1. The fraction of sp³-hybridized carbons (Fsp3) is 0.0588. The van der Waals surface area contributed by atoms with Gasteiger partial charge in [0.2, 0.25) is 5.91 Å². The van der Waals surface area contributed by atoms with E-state index in [1.54, 1.807) is 18.2 Å². The van der Waals surface area contributed by atoms with Crippen LogP contribution in [0.1, 0.15) is 0 Å². The van der Waals surface area contributed by atoms with Gasteiger partial charge in [0.05, 0.1) is 16.3 Å². The molecule has 0 unspecified atom stereocenters. The molecule has 0 spiro atoms. The van der Waals surface area contributed by atoms with Gasteiger partial charge in [-0.2, -0.15) is 0 Å². The lowest BCUT2D eigenvalue weighted by Crippen LogP contribution is -2.14. The fourth-order valence-corrected chi connectivity index (χ4v) is 3.29. The monoisotopic (exact) mass is 362 g/mol. The van der Waals surface area contributed by atoms with Gasteiger partial charge in [0.25, 0.3) is 0 Å². The summed E-state index contributed by atoms with van der Waals surface area (Å²) < 4.78 is 0. The zero-order valence-electron chi connectivity index (χ0n) is 11.9. The topological polar surface area (TPSA) is 42.0 Å². The first-order valence-corrected chi connectivity index (χ1v) is 8.59. The van der Waals surface area contributed by atoms with E-state index in [1.165, 1.54) is 11.8 Å². The number of fused-ring (bicyclic) bond motifs is 1. The molecule has 6 heteroatoms. The number of carbonyl (C=O) groups excluding carboxylic acids is 1. The maximum absolute atomic E-state index is 12.0. The highest BCUT2D eigenvalue weighted by molar-refractivity contribution is 7.99. The van der Waals surface area contributed by atoms with E-state index in [9.17, 15) is 4.79 Å². The van der Waals surface area contributed by atoms with Crippen LogP contribution in [-0.4, -0.2) is 16.6 Å². The molecule has 3 rings (SSSR count). The molecule has 1 N–H and O–H groups in total. The molecule has 2 aromatic carbocycles. The standard InChI is InChI=1S/C17H12Cl2N2OS/c18-12-7-13(19)9-14(8-12)20-16(22)10-23-17-6-5-11-3-1-2-4-15(11)21-17/h1-9H,10H2,(H,20,22). The van der Waals surface area contributed by atoms with Gasteiger partial charge in [0, 0.05) is 21.1 Å². The van der Waals surface area contributed by atoms with Crippen LogP contribution in [0.2, 0.25) is 10.0 Å². The Bertz CT molecular complexity index is 850. The summed E-state index contributed by atoms with van der Waals surface area (Å²) in [5, 5.41) is 5.63. The Kier molecular flexibility index (Phi) is 5.06. The second kappa shape index (κ2) is 7.21. The number of amides is 1. The van der Waals surface area contributed by atoms with E-state index in [1.807, 2.05) is 36.4 Å². The molecule has 3 nitrogen and oxygen atoms in total. The molecule has 116 valence electrons. The Balaban J connectivity index is 1.63. The average molecular weight is 363 g/mol. The molecule has 0 saturated carbocycles. The van der Waals surface area contributed by atoms with E-state index in [-0.39, 0.29) is 11.7 Å². The summed E-state index contributed by atoms with van der Waals surface area (Å²) in [7, 11) is 0. The molecule has 1 aromatic heterocycles. The lowest BCUT2D eigenvalue weighted by molar-refractivity contribution is -0.113. The average Bonchev–Trinajstić information content (AvgIpc) is 2.52. The molecule has 3 aromatic rings. The summed E-state index contributed by atoms with van der Waals surface area (Å²) in [5.41, 5.74) is 1.50. The number of benzene rings is 2. The number of para-hydroxylation sites is 1. The Morgan fingerprint density at radius 1 is 1.04 bits per heavy atom. The number of carbonyl (C=O) groups is 1. The molecule has 0 atom stereocenters. The summed E-state index contributed by atoms with van der Waals surface area (Å²) in [6.45, 7) is 0. The Hall–Kier alpha value is -1.75. The Labute approximate surface area is 148 Å². The summed E-state index contributed by atoms with van der Waals surface area (Å²) in [6.07, 6.45) is 0. The van der Waals surface area contributed by atoms with Crippen LogP contribution in [0, 0.1) is 0 Å². The second-order valence-corrected chi connectivity index (χ2v) is 6.71. The third kappa shape index (κ3) is 4.38. The highest BCUT2D eigenvalue weighted by Crippen LogP contribution is 2.23. The molecule has 0 aliphatic carbocycles. The van der Waals surface area contributed by atoms with Crippen molar-refractivity contribution in [2.24, 2.45) is 0 Å². The number of hydrogen-bond acceptors (Lipinski definition) is 3. The number of halogens is 2. The van der Waals surface area contributed by atoms with Crippen LogP contribution in [-0.2, 0) is 4.79 Å². The quantitative estimate of drug-likeness (QED) is 0.642. The van der Waals surface area contributed by atoms with Gasteiger partial charge in [-0.05, 0) is 30.3 Å². The van der Waals surface area contributed by atoms with E-state index in [0.29, 0.717) is 15.7 Å². The minimum absolute atomic E-state index is 0.136. The predicted octanol–water partition coefficient (Wildman–Crippen LogP) is 5.27. The predicted molar refractivity (Wildman–Crippen MR) is 97.6 cm³/mol. The van der Waals surface area contributed by atoms with Crippen LogP contribution in [0.5, 0.6) is 0 Å². The number of rotatable bonds is 4.